The van der Waals surface area contributed by atoms with E-state index in [2.05, 4.69) is 42.1 Å². The van der Waals surface area contributed by atoms with E-state index < -0.39 is 5.60 Å². The molecule has 1 N–H and O–H groups in total. The standard InChI is InChI=1S/C19H18FN3OS/c1-12-6-7-13(2)16(8-12)17-19(24-17,10-23-18(25)21-11-22-23)14-4-3-5-15(20)9-14/h3-9,11,17H,10H2,1-2H3,(H,21,22,25). The normalized spacial score (nSPS) is 22.1. The van der Waals surface area contributed by atoms with Gasteiger partial charge in [0.25, 0.3) is 0 Å². The van der Waals surface area contributed by atoms with Crippen molar-refractivity contribution in [2.75, 3.05) is 0 Å². The van der Waals surface area contributed by atoms with E-state index in [0.29, 0.717) is 11.3 Å². The number of aryl methyl sites for hydroxylation is 2. The number of H-pyrrole nitrogens is 1. The van der Waals surface area contributed by atoms with Gasteiger partial charge in [0, 0.05) is 0 Å². The molecule has 0 bridgehead atoms. The van der Waals surface area contributed by atoms with Gasteiger partial charge in [-0.1, -0.05) is 35.9 Å². The minimum absolute atomic E-state index is 0.153. The Labute approximate surface area is 150 Å². The molecule has 1 fully saturated rings. The first-order chi connectivity index (χ1) is 12.0. The average molecular weight is 355 g/mol. The third-order valence-corrected chi connectivity index (χ3v) is 5.06. The van der Waals surface area contributed by atoms with Crippen molar-refractivity contribution in [1.82, 2.24) is 14.8 Å². The largest absolute Gasteiger partial charge is 0.354 e. The molecular weight excluding hydrogens is 337 g/mol. The third-order valence-electron chi connectivity index (χ3n) is 4.74. The van der Waals surface area contributed by atoms with E-state index >= 15 is 0 Å². The first-order valence-electron chi connectivity index (χ1n) is 8.11. The predicted octanol–water partition coefficient (Wildman–Crippen LogP) is 4.36. The van der Waals surface area contributed by atoms with Crippen molar-refractivity contribution in [2.45, 2.75) is 32.1 Å². The maximum Gasteiger partial charge on any atom is 0.215 e. The van der Waals surface area contributed by atoms with Crippen molar-refractivity contribution in [3.05, 3.63) is 81.6 Å². The van der Waals surface area contributed by atoms with Gasteiger partial charge in [0.1, 0.15) is 23.8 Å². The van der Waals surface area contributed by atoms with Crippen molar-refractivity contribution < 1.29 is 9.13 Å². The maximum absolute atomic E-state index is 13.9. The zero-order valence-corrected chi connectivity index (χ0v) is 14.8. The van der Waals surface area contributed by atoms with Gasteiger partial charge < -0.3 is 4.74 Å². The molecule has 1 aromatic heterocycles. The van der Waals surface area contributed by atoms with Gasteiger partial charge in [0.2, 0.25) is 4.77 Å². The Kier molecular flexibility index (Phi) is 3.81. The van der Waals surface area contributed by atoms with Gasteiger partial charge in [0.15, 0.2) is 0 Å². The highest BCUT2D eigenvalue weighted by Crippen LogP contribution is 2.58. The summed E-state index contributed by atoms with van der Waals surface area (Å²) in [5.41, 5.74) is 3.58. The molecule has 1 saturated heterocycles. The topological polar surface area (TPSA) is 46.1 Å². The second-order valence-electron chi connectivity index (χ2n) is 6.51. The minimum Gasteiger partial charge on any atom is -0.354 e. The van der Waals surface area contributed by atoms with Crippen LogP contribution < -0.4 is 0 Å². The van der Waals surface area contributed by atoms with Gasteiger partial charge in [0.05, 0.1) is 6.54 Å². The van der Waals surface area contributed by atoms with Crippen LogP contribution in [0.15, 0.2) is 48.8 Å². The van der Waals surface area contributed by atoms with Crippen LogP contribution in [0.1, 0.15) is 28.4 Å². The van der Waals surface area contributed by atoms with Crippen LogP contribution in [0.2, 0.25) is 0 Å². The number of epoxide rings is 1. The molecule has 0 amide bonds. The molecule has 0 aliphatic carbocycles. The first-order valence-corrected chi connectivity index (χ1v) is 8.52. The number of nitrogens with zero attached hydrogens (tertiary/aromatic N) is 2. The Morgan fingerprint density at radius 1 is 1.28 bits per heavy atom. The number of rotatable bonds is 4. The molecule has 0 radical (unpaired) electrons. The summed E-state index contributed by atoms with van der Waals surface area (Å²) < 4.78 is 22.3. The Morgan fingerprint density at radius 3 is 2.84 bits per heavy atom. The molecule has 2 aromatic carbocycles. The predicted molar refractivity (Wildman–Crippen MR) is 95.2 cm³/mol. The van der Waals surface area contributed by atoms with Crippen molar-refractivity contribution in [2.24, 2.45) is 0 Å². The highest BCUT2D eigenvalue weighted by atomic mass is 32.1. The molecule has 3 aromatic rings. The van der Waals surface area contributed by atoms with Crippen LogP contribution >= 0.6 is 12.2 Å². The summed E-state index contributed by atoms with van der Waals surface area (Å²) in [6, 6.07) is 12.9. The first kappa shape index (κ1) is 16.2. The zero-order chi connectivity index (χ0) is 17.6. The second kappa shape index (κ2) is 5.89. The van der Waals surface area contributed by atoms with E-state index in [0.717, 1.165) is 16.7 Å². The van der Waals surface area contributed by atoms with Gasteiger partial charge in [-0.25, -0.2) is 9.37 Å². The summed E-state index contributed by atoms with van der Waals surface area (Å²) >= 11 is 5.25. The number of halogens is 1. The molecule has 2 heterocycles. The Bertz CT molecular complexity index is 996. The highest BCUT2D eigenvalue weighted by molar-refractivity contribution is 7.71. The fraction of sp³-hybridized carbons (Fsp3) is 0.263. The van der Waals surface area contributed by atoms with E-state index in [1.54, 1.807) is 17.1 Å². The summed E-state index contributed by atoms with van der Waals surface area (Å²) in [5.74, 6) is -0.278. The average Bonchev–Trinajstić information content (AvgIpc) is 3.18. The third kappa shape index (κ3) is 2.81. The summed E-state index contributed by atoms with van der Waals surface area (Å²) in [5, 5.41) is 3.01. The molecule has 1 aliphatic rings. The van der Waals surface area contributed by atoms with Crippen LogP contribution in [0.25, 0.3) is 0 Å². The summed E-state index contributed by atoms with van der Waals surface area (Å²) in [4.78, 5) is 4.06. The number of hydrogen-bond acceptors (Lipinski definition) is 3. The molecule has 128 valence electrons. The number of nitrogens with one attached hydrogen (secondary N) is 1. The van der Waals surface area contributed by atoms with Gasteiger partial charge >= 0.3 is 0 Å². The van der Waals surface area contributed by atoms with E-state index in [-0.39, 0.29) is 11.9 Å². The van der Waals surface area contributed by atoms with Gasteiger partial charge in [-0.3, -0.25) is 9.78 Å². The Morgan fingerprint density at radius 2 is 2.12 bits per heavy atom. The van der Waals surface area contributed by atoms with Crippen molar-refractivity contribution in [3.63, 3.8) is 0 Å². The highest BCUT2D eigenvalue weighted by Gasteiger charge is 2.59. The molecule has 1 aliphatic heterocycles. The molecule has 4 rings (SSSR count). The van der Waals surface area contributed by atoms with Crippen LogP contribution in [0, 0.1) is 24.4 Å². The van der Waals surface area contributed by atoms with Crippen molar-refractivity contribution in [3.8, 4) is 0 Å². The SMILES string of the molecule is Cc1ccc(C)c(C2OC2(Cn2[nH]cnc2=S)c2cccc(F)c2)c1. The molecule has 2 unspecified atom stereocenters. The molecular formula is C19H18FN3OS. The van der Waals surface area contributed by atoms with E-state index in [1.165, 1.54) is 17.7 Å². The number of aromatic amines is 1. The van der Waals surface area contributed by atoms with Crippen molar-refractivity contribution >= 4 is 12.2 Å². The van der Waals surface area contributed by atoms with Gasteiger partial charge in [-0.15, -0.1) is 0 Å². The monoisotopic (exact) mass is 355 g/mol. The van der Waals surface area contributed by atoms with E-state index in [4.69, 9.17) is 17.0 Å². The maximum atomic E-state index is 13.9. The Balaban J connectivity index is 1.80. The van der Waals surface area contributed by atoms with Crippen LogP contribution in [-0.2, 0) is 16.9 Å². The Hall–Kier alpha value is -2.31. The molecule has 25 heavy (non-hydrogen) atoms. The molecule has 0 spiro atoms. The van der Waals surface area contributed by atoms with Crippen LogP contribution in [-0.4, -0.2) is 14.8 Å². The van der Waals surface area contributed by atoms with Crippen LogP contribution in [0.4, 0.5) is 4.39 Å². The molecule has 6 heteroatoms. The van der Waals surface area contributed by atoms with Crippen molar-refractivity contribution in [1.29, 1.82) is 0 Å². The second-order valence-corrected chi connectivity index (χ2v) is 6.88. The summed E-state index contributed by atoms with van der Waals surface area (Å²) in [7, 11) is 0. The smallest absolute Gasteiger partial charge is 0.215 e. The molecule has 0 saturated carbocycles. The summed E-state index contributed by atoms with van der Waals surface area (Å²) in [6.07, 6.45) is 1.40. The number of benzene rings is 2. The molecule has 2 atom stereocenters. The fourth-order valence-electron chi connectivity index (χ4n) is 3.34. The lowest BCUT2D eigenvalue weighted by Gasteiger charge is -2.15. The van der Waals surface area contributed by atoms with E-state index in [9.17, 15) is 4.39 Å². The minimum atomic E-state index is -0.661. The van der Waals surface area contributed by atoms with E-state index in [1.807, 2.05) is 6.07 Å². The number of hydrogen-bond donors (Lipinski definition) is 1. The lowest BCUT2D eigenvalue weighted by molar-refractivity contribution is 0.261. The quantitative estimate of drug-likeness (QED) is 0.559. The van der Waals surface area contributed by atoms with Crippen LogP contribution in [0.3, 0.4) is 0 Å². The summed E-state index contributed by atoms with van der Waals surface area (Å²) in [6.45, 7) is 4.57. The number of ether oxygens (including phenoxy) is 1. The lowest BCUT2D eigenvalue weighted by Crippen LogP contribution is -2.20. The number of aromatic nitrogens is 3. The fourth-order valence-corrected chi connectivity index (χ4v) is 3.51. The lowest BCUT2D eigenvalue weighted by atomic mass is 9.89. The van der Waals surface area contributed by atoms with Gasteiger partial charge in [-0.05, 0) is 54.9 Å². The molecule has 4 nitrogen and oxygen atoms in total. The van der Waals surface area contributed by atoms with Crippen LogP contribution in [0.5, 0.6) is 0 Å². The van der Waals surface area contributed by atoms with Gasteiger partial charge in [-0.2, -0.15) is 0 Å². The zero-order valence-electron chi connectivity index (χ0n) is 14.0.